The van der Waals surface area contributed by atoms with E-state index in [2.05, 4.69) is 21.1 Å². The number of aromatic nitrogens is 4. The van der Waals surface area contributed by atoms with Crippen LogP contribution in [0.15, 0.2) is 47.5 Å². The van der Waals surface area contributed by atoms with E-state index in [1.54, 1.807) is 28.8 Å². The van der Waals surface area contributed by atoms with Gasteiger partial charge in [-0.2, -0.15) is 0 Å². The summed E-state index contributed by atoms with van der Waals surface area (Å²) in [7, 11) is -3.33. The number of sulfone groups is 1. The van der Waals surface area contributed by atoms with E-state index in [9.17, 15) is 8.42 Å². The highest BCUT2D eigenvalue weighted by Gasteiger charge is 2.18. The summed E-state index contributed by atoms with van der Waals surface area (Å²) in [6, 6.07) is 10.1. The van der Waals surface area contributed by atoms with Crippen molar-refractivity contribution < 1.29 is 8.42 Å². The van der Waals surface area contributed by atoms with Crippen LogP contribution in [0.4, 0.5) is 0 Å². The summed E-state index contributed by atoms with van der Waals surface area (Å²) >= 11 is 6.24. The highest BCUT2D eigenvalue weighted by Crippen LogP contribution is 2.26. The summed E-state index contributed by atoms with van der Waals surface area (Å²) in [4.78, 5) is 4.28. The van der Waals surface area contributed by atoms with E-state index in [0.29, 0.717) is 22.2 Å². The van der Waals surface area contributed by atoms with Crippen LogP contribution >= 0.6 is 11.6 Å². The number of hydrogen-bond acceptors (Lipinski definition) is 5. The molecule has 6 nitrogen and oxygen atoms in total. The highest BCUT2D eigenvalue weighted by molar-refractivity contribution is 7.90. The second-order valence-corrected chi connectivity index (χ2v) is 7.35. The monoisotopic (exact) mass is 358 g/mol. The van der Waals surface area contributed by atoms with Gasteiger partial charge in [0.25, 0.3) is 0 Å². The molecule has 120 valence electrons. The largest absolute Gasteiger partial charge is 0.266 e. The van der Waals surface area contributed by atoms with Crippen LogP contribution in [0.1, 0.15) is 5.82 Å². The summed E-state index contributed by atoms with van der Waals surface area (Å²) in [6.07, 6.45) is 7.88. The fourth-order valence-electron chi connectivity index (χ4n) is 2.14. The number of halogens is 1. The third-order valence-corrected chi connectivity index (χ3v) is 4.70. The molecule has 0 radical (unpaired) electrons. The van der Waals surface area contributed by atoms with Crippen LogP contribution in [0.5, 0.6) is 0 Å². The molecular weight excluding hydrogens is 348 g/mol. The fourth-order valence-corrected chi connectivity index (χ4v) is 2.92. The lowest BCUT2D eigenvalue weighted by atomic mass is 10.3. The molecule has 0 bridgehead atoms. The minimum atomic E-state index is -3.33. The molecule has 3 rings (SSSR count). The summed E-state index contributed by atoms with van der Waals surface area (Å²) in [6.45, 7) is 0. The molecule has 0 saturated carbocycles. The van der Waals surface area contributed by atoms with Crippen LogP contribution in [0.25, 0.3) is 17.2 Å². The van der Waals surface area contributed by atoms with Crippen molar-refractivity contribution in [3.05, 3.63) is 53.4 Å². The minimum Gasteiger partial charge on any atom is -0.266 e. The standard InChI is InChI=1S/C16H11ClN4O2S/c1-3-15-19-20-16(21(15)14-7-5-4-6-12(14)17)13-9-8-11(10-18-13)24(2,22)23/h1,4-10H,2H3. The van der Waals surface area contributed by atoms with E-state index in [4.69, 9.17) is 18.0 Å². The molecule has 2 aromatic heterocycles. The van der Waals surface area contributed by atoms with E-state index in [1.807, 2.05) is 6.07 Å². The lowest BCUT2D eigenvalue weighted by Crippen LogP contribution is -2.03. The van der Waals surface area contributed by atoms with Gasteiger partial charge in [-0.1, -0.05) is 23.7 Å². The number of rotatable bonds is 3. The molecule has 0 unspecified atom stereocenters. The van der Waals surface area contributed by atoms with Crippen molar-refractivity contribution in [2.45, 2.75) is 4.90 Å². The average molecular weight is 359 g/mol. The van der Waals surface area contributed by atoms with Gasteiger partial charge in [-0.15, -0.1) is 16.6 Å². The Balaban J connectivity index is 2.19. The molecule has 2 heterocycles. The number of hydrogen-bond donors (Lipinski definition) is 0. The Labute approximate surface area is 144 Å². The number of pyridine rings is 1. The first-order valence-electron chi connectivity index (χ1n) is 6.75. The molecule has 0 N–H and O–H groups in total. The molecule has 0 aliphatic rings. The predicted octanol–water partition coefficient (Wildman–Crippen LogP) is 2.37. The third-order valence-electron chi connectivity index (χ3n) is 3.28. The van der Waals surface area contributed by atoms with Gasteiger partial charge in [0.05, 0.1) is 15.6 Å². The number of terminal acetylenes is 1. The van der Waals surface area contributed by atoms with Gasteiger partial charge in [0, 0.05) is 12.5 Å². The van der Waals surface area contributed by atoms with E-state index < -0.39 is 9.84 Å². The Morgan fingerprint density at radius 1 is 1.17 bits per heavy atom. The molecule has 0 aliphatic heterocycles. The molecule has 8 heteroatoms. The lowest BCUT2D eigenvalue weighted by Gasteiger charge is -2.09. The second-order valence-electron chi connectivity index (χ2n) is 4.93. The van der Waals surface area contributed by atoms with E-state index in [1.165, 1.54) is 12.3 Å². The third kappa shape index (κ3) is 2.89. The summed E-state index contributed by atoms with van der Waals surface area (Å²) < 4.78 is 24.7. The maximum Gasteiger partial charge on any atom is 0.212 e. The van der Waals surface area contributed by atoms with E-state index in [-0.39, 0.29) is 10.7 Å². The first-order chi connectivity index (χ1) is 11.4. The molecule has 1 aromatic carbocycles. The Kier molecular flexibility index (Phi) is 4.09. The van der Waals surface area contributed by atoms with Gasteiger partial charge in [0.2, 0.25) is 5.82 Å². The van der Waals surface area contributed by atoms with Gasteiger partial charge in [-0.3, -0.25) is 9.55 Å². The maximum atomic E-state index is 11.5. The summed E-state index contributed by atoms with van der Waals surface area (Å²) in [5.74, 6) is 3.10. The quantitative estimate of drug-likeness (QED) is 0.672. The van der Waals surface area contributed by atoms with Crippen molar-refractivity contribution in [1.29, 1.82) is 0 Å². The Morgan fingerprint density at radius 3 is 2.50 bits per heavy atom. The average Bonchev–Trinajstić information content (AvgIpc) is 2.98. The molecule has 3 aromatic rings. The van der Waals surface area contributed by atoms with Crippen LogP contribution in [0.2, 0.25) is 5.02 Å². The first-order valence-corrected chi connectivity index (χ1v) is 9.02. The summed E-state index contributed by atoms with van der Waals surface area (Å²) in [5.41, 5.74) is 1.04. The zero-order valence-electron chi connectivity index (χ0n) is 12.5. The first kappa shape index (κ1) is 16.2. The number of nitrogens with zero attached hydrogens (tertiary/aromatic N) is 4. The van der Waals surface area contributed by atoms with Crippen molar-refractivity contribution in [3.8, 4) is 29.5 Å². The molecule has 24 heavy (non-hydrogen) atoms. The SMILES string of the molecule is C#Cc1nnc(-c2ccc(S(C)(=O)=O)cn2)n1-c1ccccc1Cl. The van der Waals surface area contributed by atoms with E-state index >= 15 is 0 Å². The maximum absolute atomic E-state index is 11.5. The van der Waals surface area contributed by atoms with Gasteiger partial charge in [0.15, 0.2) is 15.7 Å². The van der Waals surface area contributed by atoms with Gasteiger partial charge < -0.3 is 0 Å². The predicted molar refractivity (Wildman–Crippen MR) is 90.6 cm³/mol. The van der Waals surface area contributed by atoms with Crippen LogP contribution in [-0.2, 0) is 9.84 Å². The Morgan fingerprint density at radius 2 is 1.92 bits per heavy atom. The Bertz CT molecular complexity index is 1050. The molecular formula is C16H11ClN4O2S. The van der Waals surface area contributed by atoms with Crippen molar-refractivity contribution in [2.24, 2.45) is 0 Å². The second kappa shape index (κ2) is 6.07. The number of para-hydroxylation sites is 1. The molecule has 0 atom stereocenters. The smallest absolute Gasteiger partial charge is 0.212 e. The molecule has 0 fully saturated rings. The van der Waals surface area contributed by atoms with Crippen molar-refractivity contribution >= 4 is 21.4 Å². The molecule has 0 spiro atoms. The minimum absolute atomic E-state index is 0.118. The van der Waals surface area contributed by atoms with Gasteiger partial charge in [0.1, 0.15) is 5.69 Å². The molecule has 0 amide bonds. The number of benzene rings is 1. The lowest BCUT2D eigenvalue weighted by molar-refractivity contribution is 0.601. The Hall–Kier alpha value is -2.69. The zero-order valence-corrected chi connectivity index (χ0v) is 14.1. The van der Waals surface area contributed by atoms with Crippen molar-refractivity contribution in [2.75, 3.05) is 6.26 Å². The normalized spacial score (nSPS) is 11.2. The van der Waals surface area contributed by atoms with Crippen LogP contribution in [-0.4, -0.2) is 34.4 Å². The van der Waals surface area contributed by atoms with Crippen LogP contribution < -0.4 is 0 Å². The van der Waals surface area contributed by atoms with Crippen molar-refractivity contribution in [3.63, 3.8) is 0 Å². The van der Waals surface area contributed by atoms with Gasteiger partial charge in [-0.25, -0.2) is 8.42 Å². The summed E-state index contributed by atoms with van der Waals surface area (Å²) in [5, 5.41) is 8.50. The van der Waals surface area contributed by atoms with Gasteiger partial charge in [-0.05, 0) is 30.2 Å². The fraction of sp³-hybridized carbons (Fsp3) is 0.0625. The van der Waals surface area contributed by atoms with Crippen molar-refractivity contribution in [1.82, 2.24) is 19.7 Å². The highest BCUT2D eigenvalue weighted by atomic mass is 35.5. The van der Waals surface area contributed by atoms with Crippen LogP contribution in [0, 0.1) is 12.3 Å². The molecule has 0 saturated heterocycles. The van der Waals surface area contributed by atoms with Gasteiger partial charge >= 0.3 is 0 Å². The topological polar surface area (TPSA) is 77.7 Å². The zero-order chi connectivity index (χ0) is 17.3. The van der Waals surface area contributed by atoms with E-state index in [0.717, 1.165) is 6.26 Å². The molecule has 0 aliphatic carbocycles. The van der Waals surface area contributed by atoms with Crippen LogP contribution in [0.3, 0.4) is 0 Å².